The second-order valence-corrected chi connectivity index (χ2v) is 11.4. The topological polar surface area (TPSA) is 87.0 Å². The summed E-state index contributed by atoms with van der Waals surface area (Å²) in [6.07, 6.45) is 5.94. The first-order chi connectivity index (χ1) is 16.8. The molecule has 1 aromatic carbocycles. The first-order valence-electron chi connectivity index (χ1n) is 12.5. The van der Waals surface area contributed by atoms with E-state index in [4.69, 9.17) is 4.52 Å². The van der Waals surface area contributed by atoms with Gasteiger partial charge in [-0.15, -0.1) is 0 Å². The van der Waals surface area contributed by atoms with Crippen LogP contribution in [0.3, 0.4) is 0 Å². The van der Waals surface area contributed by atoms with Gasteiger partial charge in [0.25, 0.3) is 0 Å². The van der Waals surface area contributed by atoms with Gasteiger partial charge in [-0.2, -0.15) is 4.31 Å². The minimum Gasteiger partial charge on any atom is -0.355 e. The highest BCUT2D eigenvalue weighted by Crippen LogP contribution is 2.30. The van der Waals surface area contributed by atoms with Crippen LogP contribution in [0.5, 0.6) is 0 Å². The maximum Gasteiger partial charge on any atom is 0.248 e. The SMILES string of the molecule is CCCN1CCN(C(=O)[C@@H]2CCCN(S(=O)(=O)c3c(C)noc3/C=C/c3ccc(C)cc3)C2)CC1. The highest BCUT2D eigenvalue weighted by Gasteiger charge is 2.38. The predicted molar refractivity (Wildman–Crippen MR) is 136 cm³/mol. The van der Waals surface area contributed by atoms with Gasteiger partial charge in [0.15, 0.2) is 10.7 Å². The molecule has 0 saturated carbocycles. The van der Waals surface area contributed by atoms with Gasteiger partial charge in [0.2, 0.25) is 15.9 Å². The second-order valence-electron chi connectivity index (χ2n) is 9.57. The molecule has 190 valence electrons. The third-order valence-electron chi connectivity index (χ3n) is 6.89. The van der Waals surface area contributed by atoms with Crippen molar-refractivity contribution in [2.24, 2.45) is 5.92 Å². The van der Waals surface area contributed by atoms with Crippen molar-refractivity contribution in [3.05, 3.63) is 46.8 Å². The fraction of sp³-hybridized carbons (Fsp3) is 0.538. The molecule has 0 N–H and O–H groups in total. The number of sulfonamides is 1. The fourth-order valence-corrected chi connectivity index (χ4v) is 6.68. The lowest BCUT2D eigenvalue weighted by Gasteiger charge is -2.38. The van der Waals surface area contributed by atoms with Crippen LogP contribution in [0.15, 0.2) is 33.7 Å². The van der Waals surface area contributed by atoms with Gasteiger partial charge in [0.1, 0.15) is 5.69 Å². The molecular weight excluding hydrogens is 464 g/mol. The van der Waals surface area contributed by atoms with E-state index in [-0.39, 0.29) is 29.0 Å². The zero-order valence-electron chi connectivity index (χ0n) is 20.9. The van der Waals surface area contributed by atoms with Crippen LogP contribution in [0.4, 0.5) is 0 Å². The van der Waals surface area contributed by atoms with E-state index in [2.05, 4.69) is 17.0 Å². The Hall–Kier alpha value is -2.49. The molecule has 2 fully saturated rings. The number of nitrogens with zero attached hydrogens (tertiary/aromatic N) is 4. The summed E-state index contributed by atoms with van der Waals surface area (Å²) in [4.78, 5) is 17.6. The van der Waals surface area contributed by atoms with Crippen LogP contribution >= 0.6 is 0 Å². The van der Waals surface area contributed by atoms with Crippen molar-refractivity contribution < 1.29 is 17.7 Å². The van der Waals surface area contributed by atoms with E-state index in [1.54, 1.807) is 13.0 Å². The zero-order chi connectivity index (χ0) is 25.0. The number of aryl methyl sites for hydroxylation is 2. The van der Waals surface area contributed by atoms with Gasteiger partial charge >= 0.3 is 0 Å². The average molecular weight is 501 g/mol. The molecule has 2 saturated heterocycles. The number of carbonyl (C=O) groups excluding carboxylic acids is 1. The minimum absolute atomic E-state index is 0.0718. The molecule has 35 heavy (non-hydrogen) atoms. The summed E-state index contributed by atoms with van der Waals surface area (Å²) in [7, 11) is -3.86. The lowest BCUT2D eigenvalue weighted by atomic mass is 9.98. The summed E-state index contributed by atoms with van der Waals surface area (Å²) in [5.74, 6) is -0.0332. The molecule has 0 radical (unpaired) electrons. The molecule has 1 amide bonds. The Morgan fingerprint density at radius 1 is 1.09 bits per heavy atom. The van der Waals surface area contributed by atoms with Gasteiger partial charge < -0.3 is 9.42 Å². The molecule has 1 aromatic heterocycles. The van der Waals surface area contributed by atoms with E-state index in [0.29, 0.717) is 38.2 Å². The molecule has 4 rings (SSSR count). The van der Waals surface area contributed by atoms with Crippen molar-refractivity contribution >= 4 is 28.1 Å². The van der Waals surface area contributed by atoms with E-state index < -0.39 is 10.0 Å². The number of aromatic nitrogens is 1. The Morgan fingerprint density at radius 2 is 1.80 bits per heavy atom. The second kappa shape index (κ2) is 11.1. The molecule has 0 unspecified atom stereocenters. The van der Waals surface area contributed by atoms with Crippen LogP contribution in [0.2, 0.25) is 0 Å². The Bertz CT molecular complexity index is 1150. The molecular formula is C26H36N4O4S. The van der Waals surface area contributed by atoms with Crippen molar-refractivity contribution in [3.8, 4) is 0 Å². The molecule has 3 heterocycles. The van der Waals surface area contributed by atoms with Crippen LogP contribution in [0.25, 0.3) is 12.2 Å². The van der Waals surface area contributed by atoms with Crippen LogP contribution in [-0.4, -0.2) is 79.4 Å². The molecule has 0 spiro atoms. The smallest absolute Gasteiger partial charge is 0.248 e. The molecule has 0 bridgehead atoms. The first kappa shape index (κ1) is 25.6. The summed E-state index contributed by atoms with van der Waals surface area (Å²) in [5.41, 5.74) is 2.42. The van der Waals surface area contributed by atoms with Crippen LogP contribution in [0, 0.1) is 19.8 Å². The Morgan fingerprint density at radius 3 is 2.49 bits per heavy atom. The number of piperidine rings is 1. The number of amides is 1. The first-order valence-corrected chi connectivity index (χ1v) is 14.0. The summed E-state index contributed by atoms with van der Waals surface area (Å²) in [5, 5.41) is 3.94. The lowest BCUT2D eigenvalue weighted by Crippen LogP contribution is -2.53. The van der Waals surface area contributed by atoms with E-state index >= 15 is 0 Å². The van der Waals surface area contributed by atoms with Crippen molar-refractivity contribution in [1.29, 1.82) is 0 Å². The van der Waals surface area contributed by atoms with Gasteiger partial charge in [-0.05, 0) is 51.3 Å². The fourth-order valence-electron chi connectivity index (χ4n) is 4.91. The molecule has 9 heteroatoms. The van der Waals surface area contributed by atoms with Gasteiger partial charge in [-0.1, -0.05) is 48.0 Å². The predicted octanol–water partition coefficient (Wildman–Crippen LogP) is 3.42. The van der Waals surface area contributed by atoms with Crippen LogP contribution in [0.1, 0.15) is 48.8 Å². The quantitative estimate of drug-likeness (QED) is 0.579. The van der Waals surface area contributed by atoms with Gasteiger partial charge in [0.05, 0.1) is 5.92 Å². The summed E-state index contributed by atoms with van der Waals surface area (Å²) in [6, 6.07) is 7.92. The molecule has 0 aliphatic carbocycles. The maximum absolute atomic E-state index is 13.7. The summed E-state index contributed by atoms with van der Waals surface area (Å²) < 4.78 is 34.2. The number of carbonyl (C=O) groups is 1. The third kappa shape index (κ3) is 5.85. The number of piperazine rings is 1. The molecule has 2 aromatic rings. The summed E-state index contributed by atoms with van der Waals surface area (Å²) in [6.45, 7) is 10.6. The van der Waals surface area contributed by atoms with Crippen molar-refractivity contribution in [3.63, 3.8) is 0 Å². The maximum atomic E-state index is 13.7. The van der Waals surface area contributed by atoms with Crippen LogP contribution < -0.4 is 0 Å². The van der Waals surface area contributed by atoms with E-state index in [0.717, 1.165) is 37.2 Å². The molecule has 2 aliphatic heterocycles. The van der Waals surface area contributed by atoms with Gasteiger partial charge in [0, 0.05) is 39.3 Å². The highest BCUT2D eigenvalue weighted by molar-refractivity contribution is 7.89. The van der Waals surface area contributed by atoms with Crippen molar-refractivity contribution in [2.75, 3.05) is 45.8 Å². The summed E-state index contributed by atoms with van der Waals surface area (Å²) >= 11 is 0. The number of hydrogen-bond acceptors (Lipinski definition) is 6. The van der Waals surface area contributed by atoms with Gasteiger partial charge in [-0.25, -0.2) is 8.42 Å². The lowest BCUT2D eigenvalue weighted by molar-refractivity contribution is -0.138. The third-order valence-corrected chi connectivity index (χ3v) is 8.92. The Balaban J connectivity index is 1.47. The average Bonchev–Trinajstić information content (AvgIpc) is 3.25. The minimum atomic E-state index is -3.86. The largest absolute Gasteiger partial charge is 0.355 e. The molecule has 8 nitrogen and oxygen atoms in total. The normalized spacial score (nSPS) is 20.5. The number of hydrogen-bond donors (Lipinski definition) is 0. The monoisotopic (exact) mass is 500 g/mol. The highest BCUT2D eigenvalue weighted by atomic mass is 32.2. The zero-order valence-corrected chi connectivity index (χ0v) is 21.8. The molecule has 2 aliphatic rings. The number of rotatable bonds is 7. The van der Waals surface area contributed by atoms with E-state index in [1.165, 1.54) is 4.31 Å². The van der Waals surface area contributed by atoms with Crippen molar-refractivity contribution in [1.82, 2.24) is 19.3 Å². The Labute approximate surface area is 208 Å². The van der Waals surface area contributed by atoms with Crippen molar-refractivity contribution in [2.45, 2.75) is 44.9 Å². The Kier molecular flexibility index (Phi) is 8.09. The van der Waals surface area contributed by atoms with E-state index in [1.807, 2.05) is 42.2 Å². The standard InChI is InChI=1S/C26H36N4O4S/c1-4-13-28-15-17-29(18-16-28)26(31)23-6-5-14-30(19-23)35(32,33)25-21(3)27-34-24(25)12-11-22-9-7-20(2)8-10-22/h7-12,23H,4-6,13-19H2,1-3H3/b12-11+/t23-/m1/s1. The number of benzene rings is 1. The van der Waals surface area contributed by atoms with Gasteiger partial charge in [-0.3, -0.25) is 9.69 Å². The molecule has 1 atom stereocenters. The van der Waals surface area contributed by atoms with E-state index in [9.17, 15) is 13.2 Å². The van der Waals surface area contributed by atoms with Crippen LogP contribution in [-0.2, 0) is 14.8 Å².